The number of alkyl halides is 3. The summed E-state index contributed by atoms with van der Waals surface area (Å²) in [7, 11) is 1.83. The van der Waals surface area contributed by atoms with E-state index < -0.39 is 29.6 Å². The minimum absolute atomic E-state index is 0.0524. The number of halogens is 3. The molecule has 16 heteroatoms. The normalized spacial score (nSPS) is 13.2. The standard InChI is InChI=1S/C33H29F3N6O3.C2H2O4/c1-40-27(32(44)42-17-15-41(16-18-42)21-26-6-2-3-14-37-26)19-23-5-4-7-28(30(23)40)45-29-13-12-25(20-38-29)39-31(43)22-8-10-24(11-9-22)33(34,35)36;3-1(4)2(5)6/h2-14,19-20H,15-18,21H2,1H3,(H,39,43);(H,3,4)(H,5,6). The third-order valence-electron chi connectivity index (χ3n) is 7.88. The number of nitrogens with one attached hydrogen (secondary N) is 1. The maximum atomic E-state index is 13.6. The molecule has 0 unspecified atom stereocenters. The Morgan fingerprint density at radius 2 is 1.57 bits per heavy atom. The van der Waals surface area contributed by atoms with Crippen molar-refractivity contribution >= 4 is 40.3 Å². The second-order valence-electron chi connectivity index (χ2n) is 11.3. The molecule has 1 aliphatic heterocycles. The first kappa shape index (κ1) is 36.0. The number of benzene rings is 2. The lowest BCUT2D eigenvalue weighted by Gasteiger charge is -2.34. The molecule has 1 aliphatic rings. The number of aromatic nitrogens is 3. The molecule has 13 nitrogen and oxygen atoms in total. The number of aryl methyl sites for hydroxylation is 1. The van der Waals surface area contributed by atoms with Crippen molar-refractivity contribution in [1.82, 2.24) is 24.3 Å². The highest BCUT2D eigenvalue weighted by atomic mass is 19.4. The Labute approximate surface area is 288 Å². The van der Waals surface area contributed by atoms with Crippen LogP contribution < -0.4 is 10.1 Å². The largest absolute Gasteiger partial charge is 0.473 e. The number of aliphatic carboxylic acids is 2. The number of anilines is 1. The van der Waals surface area contributed by atoms with Gasteiger partial charge in [0.15, 0.2) is 5.75 Å². The second-order valence-corrected chi connectivity index (χ2v) is 11.3. The van der Waals surface area contributed by atoms with E-state index in [1.165, 1.54) is 6.20 Å². The first-order chi connectivity index (χ1) is 24.3. The zero-order valence-corrected chi connectivity index (χ0v) is 27.0. The Hall–Kier alpha value is -6.29. The summed E-state index contributed by atoms with van der Waals surface area (Å²) in [5, 5.41) is 18.2. The molecule has 2 aromatic carbocycles. The molecule has 5 aromatic rings. The van der Waals surface area contributed by atoms with E-state index in [0.29, 0.717) is 30.2 Å². The SMILES string of the molecule is Cn1c(C(=O)N2CCN(Cc3ccccn3)CC2)cc2cccc(Oc3ccc(NC(=O)c4ccc(C(F)(F)F)cc4)cn3)c21.O=C(O)C(=O)O. The van der Waals surface area contributed by atoms with E-state index in [-0.39, 0.29) is 17.4 Å². The molecule has 0 saturated carbocycles. The highest BCUT2D eigenvalue weighted by molar-refractivity contribution is 6.27. The molecule has 3 aromatic heterocycles. The van der Waals surface area contributed by atoms with Gasteiger partial charge in [-0.05, 0) is 54.6 Å². The van der Waals surface area contributed by atoms with Crippen molar-refractivity contribution in [3.8, 4) is 11.6 Å². The van der Waals surface area contributed by atoms with E-state index in [4.69, 9.17) is 24.5 Å². The molecule has 51 heavy (non-hydrogen) atoms. The Kier molecular flexibility index (Phi) is 10.9. The van der Waals surface area contributed by atoms with Gasteiger partial charge in [0.2, 0.25) is 5.88 Å². The molecular formula is C35H31F3N6O7. The number of pyridine rings is 2. The lowest BCUT2D eigenvalue weighted by Crippen LogP contribution is -2.48. The number of carbonyl (C=O) groups is 4. The number of carboxylic acids is 2. The van der Waals surface area contributed by atoms with Crippen LogP contribution in [0.3, 0.4) is 0 Å². The van der Waals surface area contributed by atoms with E-state index in [2.05, 4.69) is 20.2 Å². The molecule has 0 aliphatic carbocycles. The fourth-order valence-corrected chi connectivity index (χ4v) is 5.30. The summed E-state index contributed by atoms with van der Waals surface area (Å²) in [5.41, 5.74) is 1.88. The Morgan fingerprint density at radius 1 is 0.863 bits per heavy atom. The van der Waals surface area contributed by atoms with E-state index in [0.717, 1.165) is 60.5 Å². The second kappa shape index (κ2) is 15.5. The van der Waals surface area contributed by atoms with Crippen LogP contribution in [-0.4, -0.2) is 84.5 Å². The first-order valence-electron chi connectivity index (χ1n) is 15.4. The van der Waals surface area contributed by atoms with Crippen LogP contribution in [0.5, 0.6) is 11.6 Å². The lowest BCUT2D eigenvalue weighted by molar-refractivity contribution is -0.159. The van der Waals surface area contributed by atoms with Gasteiger partial charge in [-0.25, -0.2) is 14.6 Å². The highest BCUT2D eigenvalue weighted by Crippen LogP contribution is 2.32. The van der Waals surface area contributed by atoms with Crippen molar-refractivity contribution in [3.63, 3.8) is 0 Å². The number of carbonyl (C=O) groups excluding carboxylic acids is 2. The number of ether oxygens (including phenoxy) is 1. The topological polar surface area (TPSA) is 167 Å². The molecule has 0 spiro atoms. The van der Waals surface area contributed by atoms with Crippen LogP contribution in [0, 0.1) is 0 Å². The zero-order chi connectivity index (χ0) is 36.7. The summed E-state index contributed by atoms with van der Waals surface area (Å²) in [6, 6.07) is 20.4. The molecule has 1 saturated heterocycles. The minimum atomic E-state index is -4.48. The van der Waals surface area contributed by atoms with Gasteiger partial charge in [0, 0.05) is 63.0 Å². The quantitative estimate of drug-likeness (QED) is 0.193. The van der Waals surface area contributed by atoms with Crippen LogP contribution in [0.25, 0.3) is 10.9 Å². The number of amides is 2. The third kappa shape index (κ3) is 9.04. The lowest BCUT2D eigenvalue weighted by atomic mass is 10.1. The molecule has 4 heterocycles. The Balaban J connectivity index is 0.000000774. The molecular weight excluding hydrogens is 673 g/mol. The number of nitrogens with zero attached hydrogens (tertiary/aromatic N) is 5. The molecule has 2 amide bonds. The summed E-state index contributed by atoms with van der Waals surface area (Å²) in [6.07, 6.45) is -1.30. The van der Waals surface area contributed by atoms with Crippen molar-refractivity contribution in [2.75, 3.05) is 31.5 Å². The van der Waals surface area contributed by atoms with Gasteiger partial charge in [-0.3, -0.25) is 19.5 Å². The van der Waals surface area contributed by atoms with Gasteiger partial charge in [-0.2, -0.15) is 13.2 Å². The van der Waals surface area contributed by atoms with E-state index in [1.54, 1.807) is 24.4 Å². The molecule has 1 fully saturated rings. The molecule has 264 valence electrons. The Bertz CT molecular complexity index is 2020. The zero-order valence-electron chi connectivity index (χ0n) is 27.0. The maximum absolute atomic E-state index is 13.6. The van der Waals surface area contributed by atoms with Crippen molar-refractivity contribution in [2.45, 2.75) is 12.7 Å². The van der Waals surface area contributed by atoms with E-state index in [9.17, 15) is 22.8 Å². The number of hydrogen-bond donors (Lipinski definition) is 3. The average molecular weight is 705 g/mol. The van der Waals surface area contributed by atoms with Crippen LogP contribution in [-0.2, 0) is 29.4 Å². The predicted molar refractivity (Wildman–Crippen MR) is 177 cm³/mol. The average Bonchev–Trinajstić information content (AvgIpc) is 3.46. The van der Waals surface area contributed by atoms with Gasteiger partial charge >= 0.3 is 18.1 Å². The molecule has 0 atom stereocenters. The number of piperazine rings is 1. The van der Waals surface area contributed by atoms with Gasteiger partial charge in [0.05, 0.1) is 28.7 Å². The number of carboxylic acid groups (broad SMARTS) is 2. The van der Waals surface area contributed by atoms with Crippen molar-refractivity contribution < 1.29 is 47.3 Å². The Morgan fingerprint density at radius 3 is 2.16 bits per heavy atom. The van der Waals surface area contributed by atoms with E-state index in [1.807, 2.05) is 52.9 Å². The molecule has 6 rings (SSSR count). The van der Waals surface area contributed by atoms with Gasteiger partial charge in [-0.1, -0.05) is 18.2 Å². The van der Waals surface area contributed by atoms with Gasteiger partial charge < -0.3 is 29.7 Å². The highest BCUT2D eigenvalue weighted by Gasteiger charge is 2.30. The van der Waals surface area contributed by atoms with Gasteiger partial charge in [-0.15, -0.1) is 0 Å². The predicted octanol–water partition coefficient (Wildman–Crippen LogP) is 5.15. The number of fused-ring (bicyclic) bond motifs is 1. The smallest absolute Gasteiger partial charge is 0.416 e. The number of rotatable bonds is 7. The minimum Gasteiger partial charge on any atom is -0.473 e. The third-order valence-corrected chi connectivity index (χ3v) is 7.88. The maximum Gasteiger partial charge on any atom is 0.416 e. The van der Waals surface area contributed by atoms with Gasteiger partial charge in [0.1, 0.15) is 5.69 Å². The van der Waals surface area contributed by atoms with Gasteiger partial charge in [0.25, 0.3) is 11.8 Å². The van der Waals surface area contributed by atoms with Crippen molar-refractivity contribution in [1.29, 1.82) is 0 Å². The summed E-state index contributed by atoms with van der Waals surface area (Å²) in [6.45, 7) is 3.49. The van der Waals surface area contributed by atoms with Crippen LogP contribution in [0.2, 0.25) is 0 Å². The molecule has 3 N–H and O–H groups in total. The summed E-state index contributed by atoms with van der Waals surface area (Å²) in [5.74, 6) is -3.51. The fraction of sp³-hybridized carbons (Fsp3) is 0.200. The van der Waals surface area contributed by atoms with Crippen LogP contribution >= 0.6 is 0 Å². The number of hydrogen-bond acceptors (Lipinski definition) is 8. The van der Waals surface area contributed by atoms with E-state index >= 15 is 0 Å². The van der Waals surface area contributed by atoms with Crippen molar-refractivity contribution in [2.24, 2.45) is 7.05 Å². The van der Waals surface area contributed by atoms with Crippen LogP contribution in [0.15, 0.2) is 91.3 Å². The summed E-state index contributed by atoms with van der Waals surface area (Å²) < 4.78 is 46.3. The number of para-hydroxylation sites is 1. The van der Waals surface area contributed by atoms with Crippen LogP contribution in [0.4, 0.5) is 18.9 Å². The summed E-state index contributed by atoms with van der Waals surface area (Å²) >= 11 is 0. The van der Waals surface area contributed by atoms with Crippen molar-refractivity contribution in [3.05, 3.63) is 114 Å². The monoisotopic (exact) mass is 704 g/mol. The first-order valence-corrected chi connectivity index (χ1v) is 15.4. The fourth-order valence-electron chi connectivity index (χ4n) is 5.30. The molecule has 0 radical (unpaired) electrons. The molecule has 0 bridgehead atoms. The summed E-state index contributed by atoms with van der Waals surface area (Å²) in [4.78, 5) is 57.1. The van der Waals surface area contributed by atoms with Crippen LogP contribution in [0.1, 0.15) is 32.1 Å².